The number of nitrogens with one attached hydrogen (secondary N) is 2. The molecule has 0 aromatic heterocycles. The molecule has 4 saturated carbocycles. The maximum atomic E-state index is 13.2. The average Bonchev–Trinajstić information content (AvgIpc) is 3.08. The number of carbonyl (C=O) groups is 1. The van der Waals surface area contributed by atoms with Crippen LogP contribution in [0.4, 0.5) is 4.79 Å². The minimum atomic E-state index is -0.535. The van der Waals surface area contributed by atoms with Gasteiger partial charge in [-0.15, -0.1) is 0 Å². The Morgan fingerprint density at radius 2 is 1.53 bits per heavy atom. The van der Waals surface area contributed by atoms with Gasteiger partial charge in [-0.1, -0.05) is 79.7 Å². The molecule has 4 aliphatic carbocycles. The highest BCUT2D eigenvalue weighted by Crippen LogP contribution is 2.55. The van der Waals surface area contributed by atoms with Crippen LogP contribution in [-0.4, -0.2) is 46.0 Å². The fraction of sp³-hybridized carbons (Fsp3) is 0.513. The fourth-order valence-corrected chi connectivity index (χ4v) is 9.98. The molecule has 250 valence electrons. The zero-order valence-corrected chi connectivity index (χ0v) is 28.1. The summed E-state index contributed by atoms with van der Waals surface area (Å²) in [5.41, 5.74) is 6.11. The number of rotatable bonds is 11. The Balaban J connectivity index is 1.03. The first-order valence-electron chi connectivity index (χ1n) is 17.4. The minimum absolute atomic E-state index is 0.00630. The Labute approximate surface area is 282 Å². The molecule has 0 unspecified atom stereocenters. The van der Waals surface area contributed by atoms with Crippen molar-refractivity contribution >= 4 is 17.8 Å². The van der Waals surface area contributed by atoms with Gasteiger partial charge in [0.2, 0.25) is 0 Å². The molecule has 1 aliphatic heterocycles. The summed E-state index contributed by atoms with van der Waals surface area (Å²) in [6.07, 6.45) is 6.74. The fourth-order valence-electron chi connectivity index (χ4n) is 9.07. The third-order valence-electron chi connectivity index (χ3n) is 11.0. The number of amides is 2. The van der Waals surface area contributed by atoms with Crippen LogP contribution in [0.5, 0.6) is 0 Å². The number of urea groups is 1. The molecule has 8 heteroatoms. The van der Waals surface area contributed by atoms with Gasteiger partial charge in [-0.25, -0.2) is 4.79 Å². The minimum Gasteiger partial charge on any atom is -0.396 e. The summed E-state index contributed by atoms with van der Waals surface area (Å²) >= 11 is 1.69. The van der Waals surface area contributed by atoms with Gasteiger partial charge in [-0.3, -0.25) is 0 Å². The summed E-state index contributed by atoms with van der Waals surface area (Å²) in [6.45, 7) is 2.77. The van der Waals surface area contributed by atoms with E-state index in [4.69, 9.17) is 9.47 Å². The molecule has 0 radical (unpaired) electrons. The van der Waals surface area contributed by atoms with Gasteiger partial charge in [0, 0.05) is 35.1 Å². The van der Waals surface area contributed by atoms with Crippen molar-refractivity contribution in [3.05, 3.63) is 95.1 Å². The van der Waals surface area contributed by atoms with Crippen LogP contribution in [0.15, 0.2) is 72.8 Å². The third-order valence-corrected chi connectivity index (χ3v) is 12.0. The first kappa shape index (κ1) is 32.7. The van der Waals surface area contributed by atoms with Gasteiger partial charge < -0.3 is 30.3 Å². The largest absolute Gasteiger partial charge is 0.396 e. The highest BCUT2D eigenvalue weighted by molar-refractivity contribution is 7.99. The van der Waals surface area contributed by atoms with Gasteiger partial charge in [0.25, 0.3) is 0 Å². The molecule has 4 atom stereocenters. The van der Waals surface area contributed by atoms with E-state index in [1.54, 1.807) is 11.8 Å². The zero-order valence-electron chi connectivity index (χ0n) is 27.3. The van der Waals surface area contributed by atoms with Crippen molar-refractivity contribution in [2.24, 2.45) is 23.7 Å². The molecule has 3 aromatic rings. The lowest BCUT2D eigenvalue weighted by Gasteiger charge is -2.56. The second-order valence-electron chi connectivity index (χ2n) is 14.4. The number of thioether (sulfide) groups is 1. The predicted octanol–water partition coefficient (Wildman–Crippen LogP) is 7.13. The monoisotopic (exact) mass is 656 g/mol. The van der Waals surface area contributed by atoms with E-state index in [0.717, 1.165) is 76.1 Å². The Morgan fingerprint density at radius 3 is 2.19 bits per heavy atom. The number of carbonyl (C=O) groups excluding carboxylic acids is 1. The van der Waals surface area contributed by atoms with Gasteiger partial charge in [-0.2, -0.15) is 11.8 Å². The van der Waals surface area contributed by atoms with E-state index in [9.17, 15) is 15.0 Å². The van der Waals surface area contributed by atoms with E-state index in [-0.39, 0.29) is 42.9 Å². The molecule has 4 bridgehead atoms. The number of hydrogen-bond donors (Lipinski definition) is 4. The van der Waals surface area contributed by atoms with Gasteiger partial charge in [-0.05, 0) is 84.1 Å². The molecule has 5 fully saturated rings. The smallest absolute Gasteiger partial charge is 0.315 e. The quantitative estimate of drug-likeness (QED) is 0.164. The van der Waals surface area contributed by atoms with Crippen molar-refractivity contribution in [2.75, 3.05) is 18.1 Å². The maximum absolute atomic E-state index is 13.2. The highest BCUT2D eigenvalue weighted by Gasteiger charge is 2.51. The van der Waals surface area contributed by atoms with Crippen LogP contribution < -0.4 is 10.6 Å². The molecule has 1 saturated heterocycles. The highest BCUT2D eigenvalue weighted by atomic mass is 32.2. The second kappa shape index (κ2) is 14.3. The maximum Gasteiger partial charge on any atom is 0.315 e. The van der Waals surface area contributed by atoms with Crippen LogP contribution in [-0.2, 0) is 22.6 Å². The van der Waals surface area contributed by atoms with Gasteiger partial charge >= 0.3 is 6.03 Å². The lowest BCUT2D eigenvalue weighted by atomic mass is 9.53. The molecule has 8 rings (SSSR count). The summed E-state index contributed by atoms with van der Waals surface area (Å²) in [7, 11) is 0. The van der Waals surface area contributed by atoms with Crippen molar-refractivity contribution in [3.8, 4) is 11.1 Å². The topological polar surface area (TPSA) is 100 Å². The Bertz CT molecular complexity index is 1480. The molecule has 5 aliphatic rings. The lowest BCUT2D eigenvalue weighted by molar-refractivity contribution is -0.268. The first-order chi connectivity index (χ1) is 22.9. The molecular weight excluding hydrogens is 609 g/mol. The third kappa shape index (κ3) is 7.27. The van der Waals surface area contributed by atoms with Crippen LogP contribution in [0.1, 0.15) is 80.1 Å². The van der Waals surface area contributed by atoms with Crippen molar-refractivity contribution in [1.29, 1.82) is 0 Å². The van der Waals surface area contributed by atoms with E-state index in [2.05, 4.69) is 54.0 Å². The predicted molar refractivity (Wildman–Crippen MR) is 186 cm³/mol. The molecule has 2 amide bonds. The normalized spacial score (nSPS) is 31.1. The molecule has 3 aromatic carbocycles. The SMILES string of the molecule is C[C@@H]1[C@H](CSCCO)O[C@H](c2ccc(-c3ccccc3CNC(=O)NC34CC5CC(CC(C5)C3)C4)cc2)O[C@@H]1c1ccc(CO)cc1. The van der Waals surface area contributed by atoms with Crippen LogP contribution in [0, 0.1) is 23.7 Å². The lowest BCUT2D eigenvalue weighted by Crippen LogP contribution is -2.61. The van der Waals surface area contributed by atoms with E-state index < -0.39 is 6.29 Å². The van der Waals surface area contributed by atoms with Gasteiger partial charge in [0.15, 0.2) is 6.29 Å². The number of hydrogen-bond acceptors (Lipinski definition) is 6. The molecule has 7 nitrogen and oxygen atoms in total. The number of aliphatic hydroxyl groups excluding tert-OH is 2. The average molecular weight is 657 g/mol. The Hall–Kier alpha value is -2.88. The van der Waals surface area contributed by atoms with E-state index >= 15 is 0 Å². The number of aliphatic hydroxyl groups is 2. The summed E-state index contributed by atoms with van der Waals surface area (Å²) in [5, 5.41) is 25.5. The van der Waals surface area contributed by atoms with Gasteiger partial charge in [0.05, 0.1) is 25.4 Å². The second-order valence-corrected chi connectivity index (χ2v) is 15.6. The Morgan fingerprint density at radius 1 is 0.872 bits per heavy atom. The summed E-state index contributed by atoms with van der Waals surface area (Å²) < 4.78 is 13.2. The van der Waals surface area contributed by atoms with Gasteiger partial charge in [0.1, 0.15) is 0 Å². The molecule has 47 heavy (non-hydrogen) atoms. The number of benzene rings is 3. The van der Waals surface area contributed by atoms with Crippen molar-refractivity contribution < 1.29 is 24.5 Å². The van der Waals surface area contributed by atoms with E-state index in [1.807, 2.05) is 36.4 Å². The summed E-state index contributed by atoms with van der Waals surface area (Å²) in [4.78, 5) is 13.2. The molecule has 4 N–H and O–H groups in total. The van der Waals surface area contributed by atoms with E-state index in [0.29, 0.717) is 12.3 Å². The van der Waals surface area contributed by atoms with Crippen molar-refractivity contribution in [3.63, 3.8) is 0 Å². The number of ether oxygens (including phenoxy) is 2. The summed E-state index contributed by atoms with van der Waals surface area (Å²) in [5.74, 6) is 3.91. The van der Waals surface area contributed by atoms with Crippen LogP contribution in [0.3, 0.4) is 0 Å². The van der Waals surface area contributed by atoms with Crippen molar-refractivity contribution in [1.82, 2.24) is 10.6 Å². The first-order valence-corrected chi connectivity index (χ1v) is 18.5. The molecule has 1 heterocycles. The van der Waals surface area contributed by atoms with Crippen LogP contribution in [0.25, 0.3) is 11.1 Å². The van der Waals surface area contributed by atoms with Crippen LogP contribution >= 0.6 is 11.8 Å². The van der Waals surface area contributed by atoms with Crippen molar-refractivity contribution in [2.45, 2.75) is 82.6 Å². The standard InChI is InChI=1S/C39H48N2O5S/c1-25-35(24-47-15-14-42)45-37(46-36(25)31-8-6-26(23-43)7-9-31)32-12-10-30(11-13-32)34-5-3-2-4-33(34)22-40-38(44)41-39-19-27-16-28(20-39)18-29(17-27)21-39/h2-13,25,27-29,35-37,42-43H,14-24H2,1H3,(H2,40,41,44)/t25-,27?,28?,29?,35+,36+,37+,39?/m1/s1. The molecular formula is C39H48N2O5S. The molecule has 0 spiro atoms. The van der Waals surface area contributed by atoms with E-state index in [1.165, 1.54) is 19.3 Å². The zero-order chi connectivity index (χ0) is 32.4. The van der Waals surface area contributed by atoms with Crippen LogP contribution in [0.2, 0.25) is 0 Å². The summed E-state index contributed by atoms with van der Waals surface area (Å²) in [6, 6.07) is 24.5. The Kier molecular flexibility index (Phi) is 9.94.